The van der Waals surface area contributed by atoms with Gasteiger partial charge in [0.15, 0.2) is 17.5 Å². The van der Waals surface area contributed by atoms with Gasteiger partial charge >= 0.3 is 0 Å². The lowest BCUT2D eigenvalue weighted by molar-refractivity contribution is 1.06. The second kappa shape index (κ2) is 23.9. The van der Waals surface area contributed by atoms with Crippen LogP contribution in [0.25, 0.3) is 210 Å². The first-order valence-electron chi connectivity index (χ1n) is 37.2. The van der Waals surface area contributed by atoms with Crippen LogP contribution in [0.3, 0.4) is 0 Å². The van der Waals surface area contributed by atoms with Crippen molar-refractivity contribution in [2.45, 2.75) is 0 Å². The molecule has 510 valence electrons. The van der Waals surface area contributed by atoms with Crippen LogP contribution in [-0.4, -0.2) is 42.4 Å². The van der Waals surface area contributed by atoms with Crippen molar-refractivity contribution in [2.24, 2.45) is 0 Å². The van der Waals surface area contributed by atoms with Gasteiger partial charge in [-0.25, -0.2) is 15.0 Å². The lowest BCUT2D eigenvalue weighted by Crippen LogP contribution is -2.05. The average Bonchev–Trinajstić information content (AvgIpc) is 1.56. The molecule has 0 aliphatic rings. The minimum absolute atomic E-state index is 0.498. The van der Waals surface area contributed by atoms with Crippen LogP contribution in [0.4, 0.5) is 0 Å². The van der Waals surface area contributed by atoms with Crippen LogP contribution in [-0.2, 0) is 0 Å². The SMILES string of the molecule is N#Cc1c(-c2ccc(-c3nc(-c4ccccc4)nc(-c4ccccc4)n3)c(-n3c4ccc(-n5c6ccccc6c6ccccc65)cc4c4cc(-n5c6ccccc6c6ccccc65)ccc43)c2)cccc1-n1c2ccc(-n3c4ccccc4c4ccccc43)cc2c2cc(-n3c4ccccc4c4ccccc43)ccc21. The molecule has 110 heavy (non-hydrogen) atoms. The van der Waals surface area contributed by atoms with E-state index in [-0.39, 0.29) is 0 Å². The van der Waals surface area contributed by atoms with Crippen LogP contribution in [0.1, 0.15) is 5.56 Å². The minimum atomic E-state index is 0.498. The van der Waals surface area contributed by atoms with E-state index in [9.17, 15) is 5.26 Å². The molecule has 10 nitrogen and oxygen atoms in total. The van der Waals surface area contributed by atoms with Crippen LogP contribution in [0.2, 0.25) is 0 Å². The second-order valence-corrected chi connectivity index (χ2v) is 28.5. The Hall–Kier alpha value is -15.2. The monoisotopic (exact) mass is 1400 g/mol. The fourth-order valence-electron chi connectivity index (χ4n) is 18.0. The Morgan fingerprint density at radius 3 is 0.791 bits per heavy atom. The van der Waals surface area contributed by atoms with E-state index < -0.39 is 0 Å². The molecule has 7 aromatic heterocycles. The summed E-state index contributed by atoms with van der Waals surface area (Å²) in [5, 5.41) is 26.0. The van der Waals surface area contributed by atoms with Crippen molar-refractivity contribution >= 4 is 131 Å². The Morgan fingerprint density at radius 1 is 0.191 bits per heavy atom. The molecule has 0 radical (unpaired) electrons. The van der Waals surface area contributed by atoms with Gasteiger partial charge in [0.05, 0.1) is 83.1 Å². The van der Waals surface area contributed by atoms with Gasteiger partial charge in [-0.2, -0.15) is 5.26 Å². The molecule has 10 heteroatoms. The predicted octanol–water partition coefficient (Wildman–Crippen LogP) is 25.0. The number of aromatic nitrogens is 9. The first kappa shape index (κ1) is 61.2. The Morgan fingerprint density at radius 2 is 0.473 bits per heavy atom. The smallest absolute Gasteiger partial charge is 0.166 e. The number of rotatable bonds is 10. The fourth-order valence-corrected chi connectivity index (χ4v) is 18.0. The highest BCUT2D eigenvalue weighted by atomic mass is 15.1. The molecule has 0 aliphatic heterocycles. The number of hydrogen-bond donors (Lipinski definition) is 0. The largest absolute Gasteiger partial charge is 0.309 e. The summed E-state index contributed by atoms with van der Waals surface area (Å²) in [4.78, 5) is 16.2. The van der Waals surface area contributed by atoms with E-state index in [4.69, 9.17) is 15.0 Å². The zero-order valence-corrected chi connectivity index (χ0v) is 59.1. The van der Waals surface area contributed by atoms with Gasteiger partial charge in [-0.15, -0.1) is 0 Å². The van der Waals surface area contributed by atoms with Gasteiger partial charge in [-0.1, -0.05) is 224 Å². The summed E-state index contributed by atoms with van der Waals surface area (Å²) in [6.45, 7) is 0. The Labute approximate surface area is 629 Å². The third kappa shape index (κ3) is 9.06. The van der Waals surface area contributed by atoms with Crippen molar-refractivity contribution in [3.63, 3.8) is 0 Å². The lowest BCUT2D eigenvalue weighted by Gasteiger charge is -2.18. The normalized spacial score (nSPS) is 12.0. The molecule has 16 aromatic carbocycles. The van der Waals surface area contributed by atoms with E-state index in [2.05, 4.69) is 361 Å². The molecule has 0 bridgehead atoms. The zero-order chi connectivity index (χ0) is 72.2. The summed E-state index contributed by atoms with van der Waals surface area (Å²) < 4.78 is 14.3. The highest BCUT2D eigenvalue weighted by Crippen LogP contribution is 2.46. The first-order valence-corrected chi connectivity index (χ1v) is 37.2. The van der Waals surface area contributed by atoms with Gasteiger partial charge in [-0.3, -0.25) is 0 Å². The molecule has 0 spiro atoms. The second-order valence-electron chi connectivity index (χ2n) is 28.5. The molecule has 23 rings (SSSR count). The summed E-state index contributed by atoms with van der Waals surface area (Å²) >= 11 is 0. The predicted molar refractivity (Wildman–Crippen MR) is 452 cm³/mol. The molecule has 0 aliphatic carbocycles. The highest BCUT2D eigenvalue weighted by Gasteiger charge is 2.27. The van der Waals surface area contributed by atoms with E-state index in [1.54, 1.807) is 0 Å². The summed E-state index contributed by atoms with van der Waals surface area (Å²) in [6, 6.07) is 133. The molecule has 0 fully saturated rings. The third-order valence-corrected chi connectivity index (χ3v) is 22.7. The number of nitriles is 1. The van der Waals surface area contributed by atoms with Crippen LogP contribution in [0, 0.1) is 11.3 Å². The van der Waals surface area contributed by atoms with E-state index >= 15 is 0 Å². The van der Waals surface area contributed by atoms with Gasteiger partial charge in [-0.05, 0) is 145 Å². The van der Waals surface area contributed by atoms with Crippen molar-refractivity contribution < 1.29 is 0 Å². The van der Waals surface area contributed by atoms with Crippen molar-refractivity contribution in [2.75, 3.05) is 0 Å². The molecular formula is C100H60N10. The third-order valence-electron chi connectivity index (χ3n) is 22.7. The zero-order valence-electron chi connectivity index (χ0n) is 59.1. The van der Waals surface area contributed by atoms with Crippen molar-refractivity contribution in [1.29, 1.82) is 5.26 Å². The topological polar surface area (TPSA) is 92.0 Å². The van der Waals surface area contributed by atoms with Crippen molar-refractivity contribution in [1.82, 2.24) is 42.4 Å². The number of benzene rings is 16. The van der Waals surface area contributed by atoms with Crippen molar-refractivity contribution in [3.8, 4) is 85.5 Å². The molecule has 0 saturated carbocycles. The summed E-state index contributed by atoms with van der Waals surface area (Å²) in [5.74, 6) is 1.60. The van der Waals surface area contributed by atoms with E-state index in [0.717, 1.165) is 150 Å². The summed E-state index contributed by atoms with van der Waals surface area (Å²) in [7, 11) is 0. The van der Waals surface area contributed by atoms with Gasteiger partial charge in [0.25, 0.3) is 0 Å². The van der Waals surface area contributed by atoms with Crippen molar-refractivity contribution in [3.05, 3.63) is 370 Å². The van der Waals surface area contributed by atoms with Gasteiger partial charge in [0, 0.05) is 110 Å². The molecule has 0 N–H and O–H groups in total. The van der Waals surface area contributed by atoms with Crippen LogP contribution in [0.5, 0.6) is 0 Å². The van der Waals surface area contributed by atoms with E-state index in [1.807, 2.05) is 36.4 Å². The van der Waals surface area contributed by atoms with Gasteiger partial charge in [0.2, 0.25) is 0 Å². The molecule has 0 saturated heterocycles. The maximum absolute atomic E-state index is 12.3. The molecule has 0 unspecified atom stereocenters. The maximum Gasteiger partial charge on any atom is 0.166 e. The average molecular weight is 1400 g/mol. The summed E-state index contributed by atoms with van der Waals surface area (Å²) in [5.41, 5.74) is 23.3. The van der Waals surface area contributed by atoms with Crippen LogP contribution < -0.4 is 0 Å². The van der Waals surface area contributed by atoms with E-state index in [0.29, 0.717) is 23.0 Å². The number of para-hydroxylation sites is 8. The van der Waals surface area contributed by atoms with Crippen LogP contribution in [0.15, 0.2) is 364 Å². The lowest BCUT2D eigenvalue weighted by atomic mass is 9.96. The fraction of sp³-hybridized carbons (Fsp3) is 0. The Kier molecular flexibility index (Phi) is 13.3. The Bertz CT molecular complexity index is 7250. The molecular weight excluding hydrogens is 1340 g/mol. The number of hydrogen-bond acceptors (Lipinski definition) is 4. The quantitative estimate of drug-likeness (QED) is 0.136. The maximum atomic E-state index is 12.3. The van der Waals surface area contributed by atoms with E-state index in [1.165, 1.54) is 43.1 Å². The first-order chi connectivity index (χ1) is 54.5. The highest BCUT2D eigenvalue weighted by molar-refractivity contribution is 6.17. The molecule has 0 amide bonds. The number of fused-ring (bicyclic) bond motifs is 18. The van der Waals surface area contributed by atoms with Crippen LogP contribution >= 0.6 is 0 Å². The number of nitrogens with zero attached hydrogens (tertiary/aromatic N) is 10. The molecule has 0 atom stereocenters. The van der Waals surface area contributed by atoms with Gasteiger partial charge < -0.3 is 27.4 Å². The Balaban J connectivity index is 0.787. The molecule has 23 aromatic rings. The standard InChI is InChI=1S/C100H60N10/c101-61-83-69(36-23-45-92(83)109-93-52-47-65(105-84-37-15-7-28-70(84)71-29-8-16-38-85(71)105)57-79(93)80-58-66(48-53-94(80)109)106-86-39-17-9-30-72(86)73-31-10-18-40-87(73)106)64-46-51-78(100-103-98(62-24-3-1-4-25-62)102-99(104-100)63-26-5-2-6-27-63)97(56-64)110-95-54-49-67(107-88-41-19-11-32-74(88)75-33-12-20-42-89(75)107)59-81(95)82-60-68(50-55-96(82)110)108-90-43-21-13-34-76(90)77-35-14-22-44-91(77)108/h1-60H. The molecule has 7 heterocycles. The van der Waals surface area contributed by atoms with Gasteiger partial charge in [0.1, 0.15) is 6.07 Å². The summed E-state index contributed by atoms with van der Waals surface area (Å²) in [6.07, 6.45) is 0. The minimum Gasteiger partial charge on any atom is -0.309 e.